The van der Waals surface area contributed by atoms with Crippen LogP contribution in [0.25, 0.3) is 11.0 Å². The minimum absolute atomic E-state index is 0.0529. The number of rotatable bonds is 8. The number of hydrogen-bond donors (Lipinski definition) is 0. The Labute approximate surface area is 276 Å². The Morgan fingerprint density at radius 1 is 1.02 bits per heavy atom. The normalized spacial score (nSPS) is 22.2. The van der Waals surface area contributed by atoms with Crippen LogP contribution in [0.4, 0.5) is 0 Å². The maximum Gasteiger partial charge on any atom is 0.303 e. The Hall–Kier alpha value is -2.84. The predicted molar refractivity (Wildman–Crippen MR) is 178 cm³/mol. The zero-order chi connectivity index (χ0) is 31.9. The second kappa shape index (κ2) is 12.5. The molecular formula is C32H35ClIN3O6Si. The number of aromatic nitrogens is 3. The summed E-state index contributed by atoms with van der Waals surface area (Å²) in [5.74, 6) is -1.09. The summed E-state index contributed by atoms with van der Waals surface area (Å²) in [7, 11) is -3.00. The average molecular weight is 748 g/mol. The summed E-state index contributed by atoms with van der Waals surface area (Å²) in [5.41, 5.74) is -0.915. The number of nitrogens with zero attached hydrogens (tertiary/aromatic N) is 3. The summed E-state index contributed by atoms with van der Waals surface area (Å²) in [6, 6.07) is 20.5. The van der Waals surface area contributed by atoms with Gasteiger partial charge in [-0.25, -0.2) is 9.97 Å². The van der Waals surface area contributed by atoms with Gasteiger partial charge in [-0.15, -0.1) is 0 Å². The standard InChI is InChI=1S/C32H35ClIN3O6Si/c1-20(38)41-27-30(37-17-24(34)26-28(33)35-19-36-29(26)37)42-25(32(27,6)43-21(2)39)18-40-44(31(3,4)5,22-13-9-7-10-14-22)23-15-11-8-12-16-23/h7-17,19,25,27,30H,18H2,1-6H3/t25-,27+,30-,32-/m1/s1. The first-order valence-electron chi connectivity index (χ1n) is 14.2. The van der Waals surface area contributed by atoms with E-state index >= 15 is 0 Å². The molecule has 0 N–H and O–H groups in total. The van der Waals surface area contributed by atoms with Gasteiger partial charge in [-0.3, -0.25) is 9.59 Å². The monoisotopic (exact) mass is 747 g/mol. The molecule has 0 saturated carbocycles. The summed E-state index contributed by atoms with van der Waals surface area (Å²) in [6.45, 7) is 11.0. The molecule has 232 valence electrons. The van der Waals surface area contributed by atoms with Crippen molar-refractivity contribution in [3.63, 3.8) is 0 Å². The van der Waals surface area contributed by atoms with Crippen LogP contribution in [-0.2, 0) is 28.2 Å². The van der Waals surface area contributed by atoms with E-state index in [1.54, 1.807) is 11.5 Å². The molecule has 4 aromatic rings. The third-order valence-electron chi connectivity index (χ3n) is 8.08. The summed E-state index contributed by atoms with van der Waals surface area (Å²) >= 11 is 8.59. The third-order valence-corrected chi connectivity index (χ3v) is 14.2. The molecule has 1 saturated heterocycles. The van der Waals surface area contributed by atoms with Gasteiger partial charge in [0.1, 0.15) is 23.2 Å². The molecule has 0 radical (unpaired) electrons. The van der Waals surface area contributed by atoms with Gasteiger partial charge in [-0.05, 0) is 44.9 Å². The quantitative estimate of drug-likeness (QED) is 0.102. The van der Waals surface area contributed by atoms with E-state index in [0.29, 0.717) is 11.0 Å². The molecule has 2 aromatic carbocycles. The van der Waals surface area contributed by atoms with E-state index in [0.717, 1.165) is 13.9 Å². The lowest BCUT2D eigenvalue weighted by Crippen LogP contribution is -2.67. The maximum atomic E-state index is 12.6. The predicted octanol–water partition coefficient (Wildman–Crippen LogP) is 5.42. The van der Waals surface area contributed by atoms with Crippen molar-refractivity contribution in [1.82, 2.24) is 14.5 Å². The smallest absolute Gasteiger partial charge is 0.303 e. The second-order valence-electron chi connectivity index (χ2n) is 12.0. The maximum absolute atomic E-state index is 12.6. The first kappa shape index (κ1) is 32.5. The van der Waals surface area contributed by atoms with Gasteiger partial charge in [0, 0.05) is 23.6 Å². The minimum atomic E-state index is -3.00. The van der Waals surface area contributed by atoms with Gasteiger partial charge in [-0.2, -0.15) is 0 Å². The molecule has 1 aliphatic rings. The van der Waals surface area contributed by atoms with Crippen LogP contribution < -0.4 is 10.4 Å². The van der Waals surface area contributed by atoms with Crippen molar-refractivity contribution < 1.29 is 28.2 Å². The fourth-order valence-corrected chi connectivity index (χ4v) is 11.9. The molecule has 1 aliphatic heterocycles. The molecule has 3 heterocycles. The van der Waals surface area contributed by atoms with E-state index in [9.17, 15) is 9.59 Å². The Kier molecular flexibility index (Phi) is 9.25. The first-order chi connectivity index (χ1) is 20.8. The number of halogens is 2. The summed E-state index contributed by atoms with van der Waals surface area (Å²) in [6.07, 6.45) is 0.411. The Bertz CT molecular complexity index is 1630. The highest BCUT2D eigenvalue weighted by atomic mass is 127. The topological polar surface area (TPSA) is 102 Å². The van der Waals surface area contributed by atoms with Crippen LogP contribution in [0.1, 0.15) is 47.8 Å². The van der Waals surface area contributed by atoms with Gasteiger partial charge in [0.05, 0.1) is 12.0 Å². The summed E-state index contributed by atoms with van der Waals surface area (Å²) in [5, 5.41) is 2.81. The van der Waals surface area contributed by atoms with Crippen LogP contribution in [0, 0.1) is 3.57 Å². The van der Waals surface area contributed by atoms with E-state index < -0.39 is 44.3 Å². The lowest BCUT2D eigenvalue weighted by atomic mass is 9.94. The highest BCUT2D eigenvalue weighted by Gasteiger charge is 2.61. The molecule has 0 unspecified atom stereocenters. The fraction of sp³-hybridized carbons (Fsp3) is 0.375. The molecule has 12 heteroatoms. The SMILES string of the molecule is CC(=O)O[C@H]1[C@H](n2cc(I)c3c(Cl)ncnc32)O[C@H](CO[Si](c2ccccc2)(c2ccccc2)C(C)(C)C)[C@@]1(C)OC(C)=O. The highest BCUT2D eigenvalue weighted by Crippen LogP contribution is 2.45. The van der Waals surface area contributed by atoms with Crippen molar-refractivity contribution in [3.05, 3.63) is 81.9 Å². The molecule has 4 atom stereocenters. The van der Waals surface area contributed by atoms with Crippen molar-refractivity contribution in [2.24, 2.45) is 0 Å². The van der Waals surface area contributed by atoms with E-state index in [1.165, 1.54) is 20.2 Å². The molecule has 0 aliphatic carbocycles. The number of carbonyl (C=O) groups is 2. The van der Waals surface area contributed by atoms with Crippen LogP contribution in [0.15, 0.2) is 73.2 Å². The lowest BCUT2D eigenvalue weighted by Gasteiger charge is -2.44. The Balaban J connectivity index is 1.64. The van der Waals surface area contributed by atoms with Gasteiger partial charge < -0.3 is 23.2 Å². The molecule has 2 aromatic heterocycles. The van der Waals surface area contributed by atoms with Gasteiger partial charge in [0.25, 0.3) is 8.32 Å². The number of hydrogen-bond acceptors (Lipinski definition) is 8. The van der Waals surface area contributed by atoms with Crippen LogP contribution >= 0.6 is 34.2 Å². The molecule has 9 nitrogen and oxygen atoms in total. The van der Waals surface area contributed by atoms with E-state index in [4.69, 9.17) is 30.2 Å². The molecule has 0 spiro atoms. The molecular weight excluding hydrogens is 713 g/mol. The molecule has 0 amide bonds. The van der Waals surface area contributed by atoms with Gasteiger partial charge >= 0.3 is 11.9 Å². The van der Waals surface area contributed by atoms with Crippen LogP contribution in [0.5, 0.6) is 0 Å². The number of carbonyl (C=O) groups excluding carboxylic acids is 2. The zero-order valence-corrected chi connectivity index (χ0v) is 29.3. The van der Waals surface area contributed by atoms with Crippen LogP contribution in [0.2, 0.25) is 10.2 Å². The number of ether oxygens (including phenoxy) is 3. The average Bonchev–Trinajstić information content (AvgIpc) is 3.43. The fourth-order valence-electron chi connectivity index (χ4n) is 6.21. The van der Waals surface area contributed by atoms with Gasteiger partial charge in [0.15, 0.2) is 17.9 Å². The second-order valence-corrected chi connectivity index (χ2v) is 17.9. The minimum Gasteiger partial charge on any atom is -0.453 e. The van der Waals surface area contributed by atoms with Crippen LogP contribution in [0.3, 0.4) is 0 Å². The highest BCUT2D eigenvalue weighted by molar-refractivity contribution is 14.1. The largest absolute Gasteiger partial charge is 0.453 e. The van der Waals surface area contributed by atoms with Crippen molar-refractivity contribution >= 4 is 75.9 Å². The van der Waals surface area contributed by atoms with E-state index in [-0.39, 0.29) is 16.8 Å². The molecule has 5 rings (SSSR count). The molecule has 0 bridgehead atoms. The van der Waals surface area contributed by atoms with E-state index in [2.05, 4.69) is 77.6 Å². The summed E-state index contributed by atoms with van der Waals surface area (Å²) in [4.78, 5) is 33.7. The van der Waals surface area contributed by atoms with Gasteiger partial charge in [0.2, 0.25) is 0 Å². The van der Waals surface area contributed by atoms with E-state index in [1.807, 2.05) is 42.6 Å². The molecule has 1 fully saturated rings. The lowest BCUT2D eigenvalue weighted by molar-refractivity contribution is -0.181. The number of fused-ring (bicyclic) bond motifs is 1. The van der Waals surface area contributed by atoms with Crippen molar-refractivity contribution in [2.75, 3.05) is 6.61 Å². The molecule has 44 heavy (non-hydrogen) atoms. The van der Waals surface area contributed by atoms with Crippen LogP contribution in [-0.4, -0.2) is 59.2 Å². The number of benzene rings is 2. The Morgan fingerprint density at radius 2 is 1.61 bits per heavy atom. The van der Waals surface area contributed by atoms with Gasteiger partial charge in [-0.1, -0.05) is 93.0 Å². The first-order valence-corrected chi connectivity index (χ1v) is 17.6. The third kappa shape index (κ3) is 5.80. The van der Waals surface area contributed by atoms with Crippen molar-refractivity contribution in [3.8, 4) is 0 Å². The Morgan fingerprint density at radius 3 is 2.14 bits per heavy atom. The van der Waals surface area contributed by atoms with Crippen molar-refractivity contribution in [2.45, 2.75) is 70.6 Å². The zero-order valence-electron chi connectivity index (χ0n) is 25.4. The number of esters is 2. The van der Waals surface area contributed by atoms with Crippen molar-refractivity contribution in [1.29, 1.82) is 0 Å². The summed E-state index contributed by atoms with van der Waals surface area (Å²) < 4.78 is 28.4.